The van der Waals surface area contributed by atoms with E-state index in [9.17, 15) is 0 Å². The normalized spacial score (nSPS) is 22.3. The summed E-state index contributed by atoms with van der Waals surface area (Å²) in [5.41, 5.74) is 2.71. The highest BCUT2D eigenvalue weighted by molar-refractivity contribution is 9.10. The van der Waals surface area contributed by atoms with Crippen LogP contribution in [0, 0.1) is 5.92 Å². The topological polar surface area (TPSA) is 15.3 Å². The first-order chi connectivity index (χ1) is 10.0. The zero-order chi connectivity index (χ0) is 15.4. The first-order valence-electron chi connectivity index (χ1n) is 8.30. The van der Waals surface area contributed by atoms with E-state index in [2.05, 4.69) is 72.0 Å². The van der Waals surface area contributed by atoms with Crippen molar-refractivity contribution in [3.8, 4) is 0 Å². The summed E-state index contributed by atoms with van der Waals surface area (Å²) in [4.78, 5) is 2.61. The largest absolute Gasteiger partial charge is 0.365 e. The molecule has 1 aromatic carbocycles. The maximum Gasteiger partial charge on any atom is 0.0515 e. The summed E-state index contributed by atoms with van der Waals surface area (Å²) >= 11 is 3.79. The third-order valence-electron chi connectivity index (χ3n) is 4.43. The van der Waals surface area contributed by atoms with Gasteiger partial charge in [-0.3, -0.25) is 0 Å². The Balaban J connectivity index is 2.08. The molecular weight excluding hydrogens is 324 g/mol. The van der Waals surface area contributed by atoms with Crippen LogP contribution in [0.15, 0.2) is 22.7 Å². The van der Waals surface area contributed by atoms with Gasteiger partial charge in [0, 0.05) is 23.1 Å². The number of anilines is 1. The maximum atomic E-state index is 3.79. The van der Waals surface area contributed by atoms with Crippen molar-refractivity contribution in [1.29, 1.82) is 0 Å². The Morgan fingerprint density at radius 2 is 2.10 bits per heavy atom. The van der Waals surface area contributed by atoms with E-state index in [1.807, 2.05) is 0 Å². The quantitative estimate of drug-likeness (QED) is 0.777. The Bertz CT molecular complexity index is 459. The van der Waals surface area contributed by atoms with Gasteiger partial charge in [-0.15, -0.1) is 0 Å². The molecule has 1 N–H and O–H groups in total. The minimum Gasteiger partial charge on any atom is -0.365 e. The molecule has 0 aliphatic carbocycles. The van der Waals surface area contributed by atoms with Crippen molar-refractivity contribution < 1.29 is 0 Å². The van der Waals surface area contributed by atoms with E-state index >= 15 is 0 Å². The van der Waals surface area contributed by atoms with Crippen molar-refractivity contribution >= 4 is 21.6 Å². The molecule has 0 bridgehead atoms. The number of nitrogens with one attached hydrogen (secondary N) is 1. The van der Waals surface area contributed by atoms with E-state index in [1.54, 1.807) is 0 Å². The lowest BCUT2D eigenvalue weighted by molar-refractivity contribution is 0.552. The SMILES string of the molecule is CCC1CCC(C)N1c1ccc(CNCC(C)C)cc1Br. The predicted octanol–water partition coefficient (Wildman–Crippen LogP) is 4.96. The number of halogens is 1. The van der Waals surface area contributed by atoms with Crippen LogP contribution in [0.4, 0.5) is 5.69 Å². The van der Waals surface area contributed by atoms with Gasteiger partial charge >= 0.3 is 0 Å². The molecule has 1 saturated heterocycles. The maximum absolute atomic E-state index is 3.79. The number of benzene rings is 1. The molecule has 3 heteroatoms. The van der Waals surface area contributed by atoms with Crippen LogP contribution < -0.4 is 10.2 Å². The Morgan fingerprint density at radius 3 is 2.71 bits per heavy atom. The van der Waals surface area contributed by atoms with Crippen LogP contribution in [0.25, 0.3) is 0 Å². The second kappa shape index (κ2) is 7.64. The second-order valence-corrected chi connectivity index (χ2v) is 7.56. The van der Waals surface area contributed by atoms with Gasteiger partial charge in [-0.1, -0.05) is 26.8 Å². The highest BCUT2D eigenvalue weighted by atomic mass is 79.9. The average Bonchev–Trinajstić information content (AvgIpc) is 2.80. The monoisotopic (exact) mass is 352 g/mol. The van der Waals surface area contributed by atoms with Gasteiger partial charge in [-0.2, -0.15) is 0 Å². The van der Waals surface area contributed by atoms with Gasteiger partial charge in [0.1, 0.15) is 0 Å². The lowest BCUT2D eigenvalue weighted by atomic mass is 10.1. The fraction of sp³-hybridized carbons (Fsp3) is 0.667. The molecule has 1 heterocycles. The van der Waals surface area contributed by atoms with Crippen LogP contribution in [-0.4, -0.2) is 18.6 Å². The average molecular weight is 353 g/mol. The zero-order valence-corrected chi connectivity index (χ0v) is 15.4. The summed E-state index contributed by atoms with van der Waals surface area (Å²) in [5, 5.41) is 3.51. The highest BCUT2D eigenvalue weighted by Crippen LogP contribution is 2.36. The molecule has 118 valence electrons. The van der Waals surface area contributed by atoms with Crippen LogP contribution >= 0.6 is 15.9 Å². The van der Waals surface area contributed by atoms with Crippen molar-refractivity contribution in [3.05, 3.63) is 28.2 Å². The molecule has 21 heavy (non-hydrogen) atoms. The molecule has 0 radical (unpaired) electrons. The molecule has 1 aliphatic heterocycles. The molecule has 2 nitrogen and oxygen atoms in total. The summed E-state index contributed by atoms with van der Waals surface area (Å²) in [6.07, 6.45) is 3.86. The molecule has 0 amide bonds. The Labute approximate surface area is 138 Å². The van der Waals surface area contributed by atoms with Crippen molar-refractivity contribution in [2.75, 3.05) is 11.4 Å². The first kappa shape index (κ1) is 16.8. The molecular formula is C18H29BrN2. The van der Waals surface area contributed by atoms with Gasteiger partial charge in [-0.05, 0) is 72.3 Å². The van der Waals surface area contributed by atoms with E-state index in [1.165, 1.54) is 35.0 Å². The fourth-order valence-electron chi connectivity index (χ4n) is 3.28. The Kier molecular flexibility index (Phi) is 6.12. The van der Waals surface area contributed by atoms with Gasteiger partial charge in [-0.25, -0.2) is 0 Å². The van der Waals surface area contributed by atoms with Crippen molar-refractivity contribution in [2.45, 2.75) is 65.6 Å². The smallest absolute Gasteiger partial charge is 0.0515 e. The minimum atomic E-state index is 0.649. The number of hydrogen-bond acceptors (Lipinski definition) is 2. The van der Waals surface area contributed by atoms with Gasteiger partial charge in [0.05, 0.1) is 5.69 Å². The molecule has 2 rings (SSSR count). The van der Waals surface area contributed by atoms with Crippen LogP contribution in [0.1, 0.15) is 52.5 Å². The Morgan fingerprint density at radius 1 is 1.33 bits per heavy atom. The van der Waals surface area contributed by atoms with Crippen molar-refractivity contribution in [2.24, 2.45) is 5.92 Å². The number of hydrogen-bond donors (Lipinski definition) is 1. The van der Waals surface area contributed by atoms with Gasteiger partial charge in [0.15, 0.2) is 0 Å². The third kappa shape index (κ3) is 4.23. The van der Waals surface area contributed by atoms with Crippen LogP contribution in [-0.2, 0) is 6.54 Å². The van der Waals surface area contributed by atoms with E-state index in [4.69, 9.17) is 0 Å². The van der Waals surface area contributed by atoms with Crippen LogP contribution in [0.5, 0.6) is 0 Å². The molecule has 1 aromatic rings. The lowest BCUT2D eigenvalue weighted by Crippen LogP contribution is -2.34. The standard InChI is InChI=1S/C18H29BrN2/c1-5-16-8-6-14(4)21(16)18-9-7-15(10-17(18)19)12-20-11-13(2)3/h7,9-10,13-14,16,20H,5-6,8,11-12H2,1-4H3. The second-order valence-electron chi connectivity index (χ2n) is 6.71. The summed E-state index contributed by atoms with van der Waals surface area (Å²) in [5.74, 6) is 0.698. The van der Waals surface area contributed by atoms with Crippen LogP contribution in [0.2, 0.25) is 0 Å². The molecule has 2 unspecified atom stereocenters. The molecule has 0 spiro atoms. The van der Waals surface area contributed by atoms with Gasteiger partial charge in [0.2, 0.25) is 0 Å². The van der Waals surface area contributed by atoms with Crippen molar-refractivity contribution in [3.63, 3.8) is 0 Å². The van der Waals surface area contributed by atoms with Crippen LogP contribution in [0.3, 0.4) is 0 Å². The molecule has 0 aromatic heterocycles. The van der Waals surface area contributed by atoms with Gasteiger partial charge in [0.25, 0.3) is 0 Å². The lowest BCUT2D eigenvalue weighted by Gasteiger charge is -2.31. The first-order valence-corrected chi connectivity index (χ1v) is 9.09. The number of rotatable bonds is 6. The van der Waals surface area contributed by atoms with E-state index in [0.717, 1.165) is 13.1 Å². The zero-order valence-electron chi connectivity index (χ0n) is 13.8. The fourth-order valence-corrected chi connectivity index (χ4v) is 3.91. The van der Waals surface area contributed by atoms with E-state index < -0.39 is 0 Å². The third-order valence-corrected chi connectivity index (χ3v) is 5.06. The van der Waals surface area contributed by atoms with E-state index in [-0.39, 0.29) is 0 Å². The summed E-state index contributed by atoms with van der Waals surface area (Å²) < 4.78 is 1.23. The molecule has 1 aliphatic rings. The molecule has 0 saturated carbocycles. The minimum absolute atomic E-state index is 0.649. The van der Waals surface area contributed by atoms with E-state index in [0.29, 0.717) is 18.0 Å². The Hall–Kier alpha value is -0.540. The summed E-state index contributed by atoms with van der Waals surface area (Å²) in [6, 6.07) is 8.18. The molecule has 1 fully saturated rings. The number of nitrogens with zero attached hydrogens (tertiary/aromatic N) is 1. The summed E-state index contributed by atoms with van der Waals surface area (Å²) in [7, 11) is 0. The summed E-state index contributed by atoms with van der Waals surface area (Å²) in [6.45, 7) is 11.1. The van der Waals surface area contributed by atoms with Gasteiger partial charge < -0.3 is 10.2 Å². The highest BCUT2D eigenvalue weighted by Gasteiger charge is 2.30. The molecule has 2 atom stereocenters. The predicted molar refractivity (Wildman–Crippen MR) is 95.9 cm³/mol. The van der Waals surface area contributed by atoms with Crippen molar-refractivity contribution in [1.82, 2.24) is 5.32 Å².